The van der Waals surface area contributed by atoms with Crippen molar-refractivity contribution < 1.29 is 32.3 Å². The normalized spacial score (nSPS) is 23.1. The summed E-state index contributed by atoms with van der Waals surface area (Å²) in [5.41, 5.74) is 0.150. The Labute approximate surface area is 112 Å². The van der Waals surface area contributed by atoms with E-state index in [1.807, 2.05) is 0 Å². The van der Waals surface area contributed by atoms with Crippen molar-refractivity contribution in [1.82, 2.24) is 4.90 Å². The van der Waals surface area contributed by atoms with Crippen molar-refractivity contribution in [2.45, 2.75) is 13.1 Å². The van der Waals surface area contributed by atoms with Crippen LogP contribution in [0.1, 0.15) is 16.1 Å². The van der Waals surface area contributed by atoms with Crippen molar-refractivity contribution in [1.29, 1.82) is 0 Å². The molecule has 1 fully saturated rings. The van der Waals surface area contributed by atoms with Crippen LogP contribution in [0, 0.1) is 18.8 Å². The lowest BCUT2D eigenvalue weighted by Gasteiger charge is -2.18. The molecule has 2 heterocycles. The molecule has 1 N–H and O–H groups in total. The van der Waals surface area contributed by atoms with Crippen LogP contribution in [0.15, 0.2) is 16.7 Å². The van der Waals surface area contributed by atoms with Gasteiger partial charge in [-0.25, -0.2) is 0 Å². The zero-order valence-corrected chi connectivity index (χ0v) is 10.5. The van der Waals surface area contributed by atoms with E-state index >= 15 is 0 Å². The van der Waals surface area contributed by atoms with Gasteiger partial charge in [0.25, 0.3) is 5.91 Å². The number of aliphatic carboxylic acids is 1. The summed E-state index contributed by atoms with van der Waals surface area (Å²) in [4.78, 5) is 23.9. The Hall–Kier alpha value is -1.99. The van der Waals surface area contributed by atoms with Crippen LogP contribution >= 0.6 is 0 Å². The van der Waals surface area contributed by atoms with Gasteiger partial charge in [0.15, 0.2) is 0 Å². The van der Waals surface area contributed by atoms with Crippen molar-refractivity contribution >= 4 is 11.9 Å². The van der Waals surface area contributed by atoms with Crippen LogP contribution in [0.3, 0.4) is 0 Å². The maximum atomic E-state index is 12.8. The fourth-order valence-corrected chi connectivity index (χ4v) is 2.33. The van der Waals surface area contributed by atoms with Gasteiger partial charge in [0.05, 0.1) is 23.7 Å². The number of aryl methyl sites for hydroxylation is 1. The molecule has 0 aromatic carbocycles. The Morgan fingerprint density at radius 2 is 2.05 bits per heavy atom. The minimum absolute atomic E-state index is 0.150. The fraction of sp³-hybridized carbons (Fsp3) is 0.500. The molecule has 0 saturated carbocycles. The van der Waals surface area contributed by atoms with Crippen molar-refractivity contribution in [3.05, 3.63) is 23.7 Å². The van der Waals surface area contributed by atoms with Gasteiger partial charge in [0.2, 0.25) is 0 Å². The standard InChI is InChI=1S/C12H12F3NO4/c1-6-7(2-3-20-6)10(17)16-4-8(11(18)19)9(5-16)12(13,14)15/h2-3,8-9H,4-5H2,1H3,(H,18,19)/t8-,9-/m1/s1. The van der Waals surface area contributed by atoms with Crippen LogP contribution in [0.2, 0.25) is 0 Å². The van der Waals surface area contributed by atoms with E-state index in [0.29, 0.717) is 0 Å². The highest BCUT2D eigenvalue weighted by atomic mass is 19.4. The van der Waals surface area contributed by atoms with Crippen LogP contribution in [-0.2, 0) is 4.79 Å². The van der Waals surface area contributed by atoms with E-state index in [1.165, 1.54) is 19.3 Å². The molecule has 0 radical (unpaired) electrons. The maximum Gasteiger partial charge on any atom is 0.394 e. The summed E-state index contributed by atoms with van der Waals surface area (Å²) in [6.07, 6.45) is -3.39. The second kappa shape index (κ2) is 4.84. The van der Waals surface area contributed by atoms with Gasteiger partial charge in [0, 0.05) is 13.1 Å². The number of rotatable bonds is 2. The highest BCUT2D eigenvalue weighted by Gasteiger charge is 2.53. The minimum atomic E-state index is -4.65. The molecular formula is C12H12F3NO4. The second-order valence-corrected chi connectivity index (χ2v) is 4.69. The highest BCUT2D eigenvalue weighted by molar-refractivity contribution is 5.95. The van der Waals surface area contributed by atoms with E-state index < -0.39 is 43.0 Å². The predicted octanol–water partition coefficient (Wildman–Crippen LogP) is 1.92. The molecule has 2 rings (SSSR count). The molecule has 110 valence electrons. The van der Waals surface area contributed by atoms with Gasteiger partial charge in [-0.05, 0) is 13.0 Å². The van der Waals surface area contributed by atoms with Crippen LogP contribution in [0.5, 0.6) is 0 Å². The van der Waals surface area contributed by atoms with Gasteiger partial charge >= 0.3 is 12.1 Å². The number of nitrogens with zero attached hydrogens (tertiary/aromatic N) is 1. The number of hydrogen-bond donors (Lipinski definition) is 1. The van der Waals surface area contributed by atoms with E-state index in [1.54, 1.807) is 0 Å². The maximum absolute atomic E-state index is 12.8. The van der Waals surface area contributed by atoms with Gasteiger partial charge in [-0.3, -0.25) is 9.59 Å². The van der Waals surface area contributed by atoms with Crippen molar-refractivity contribution in [2.75, 3.05) is 13.1 Å². The van der Waals surface area contributed by atoms with Crippen LogP contribution in [0.25, 0.3) is 0 Å². The summed E-state index contributed by atoms with van der Waals surface area (Å²) in [5.74, 6) is -5.58. The van der Waals surface area contributed by atoms with Gasteiger partial charge in [-0.1, -0.05) is 0 Å². The number of carboxylic acids is 1. The number of amides is 1. The monoisotopic (exact) mass is 291 g/mol. The molecule has 1 aromatic rings. The summed E-state index contributed by atoms with van der Waals surface area (Å²) >= 11 is 0. The van der Waals surface area contributed by atoms with E-state index in [2.05, 4.69) is 0 Å². The average molecular weight is 291 g/mol. The number of carbonyl (C=O) groups excluding carboxylic acids is 1. The van der Waals surface area contributed by atoms with E-state index in [0.717, 1.165) is 4.90 Å². The Kier molecular flexibility index (Phi) is 3.49. The Balaban J connectivity index is 2.22. The lowest BCUT2D eigenvalue weighted by molar-refractivity contribution is -0.187. The van der Waals surface area contributed by atoms with Crippen LogP contribution in [0.4, 0.5) is 13.2 Å². The van der Waals surface area contributed by atoms with Crippen molar-refractivity contribution in [3.8, 4) is 0 Å². The average Bonchev–Trinajstić information content (AvgIpc) is 2.92. The molecule has 0 spiro atoms. The minimum Gasteiger partial charge on any atom is -0.481 e. The quantitative estimate of drug-likeness (QED) is 0.903. The van der Waals surface area contributed by atoms with Gasteiger partial charge in [-0.15, -0.1) is 0 Å². The third-order valence-corrected chi connectivity index (χ3v) is 3.43. The van der Waals surface area contributed by atoms with Crippen LogP contribution in [-0.4, -0.2) is 41.1 Å². The number of likely N-dealkylation sites (tertiary alicyclic amines) is 1. The highest BCUT2D eigenvalue weighted by Crippen LogP contribution is 2.38. The number of alkyl halides is 3. The third-order valence-electron chi connectivity index (χ3n) is 3.43. The second-order valence-electron chi connectivity index (χ2n) is 4.69. The van der Waals surface area contributed by atoms with Crippen LogP contribution < -0.4 is 0 Å². The smallest absolute Gasteiger partial charge is 0.394 e. The molecule has 1 aliphatic rings. The zero-order chi connectivity index (χ0) is 15.1. The summed E-state index contributed by atoms with van der Waals surface area (Å²) < 4.78 is 43.4. The van der Waals surface area contributed by atoms with Crippen molar-refractivity contribution in [3.63, 3.8) is 0 Å². The molecule has 1 amide bonds. The topological polar surface area (TPSA) is 70.8 Å². The largest absolute Gasteiger partial charge is 0.481 e. The SMILES string of the molecule is Cc1occc1C(=O)N1C[C@@H](C(F)(F)F)[C@H](C(=O)O)C1. The lowest BCUT2D eigenvalue weighted by atomic mass is 9.96. The molecule has 5 nitrogen and oxygen atoms in total. The summed E-state index contributed by atoms with van der Waals surface area (Å²) in [7, 11) is 0. The first kappa shape index (κ1) is 14.4. The molecule has 0 aliphatic carbocycles. The molecule has 20 heavy (non-hydrogen) atoms. The number of halogens is 3. The summed E-state index contributed by atoms with van der Waals surface area (Å²) in [6, 6.07) is 1.36. The number of carboxylic acid groups (broad SMARTS) is 1. The Morgan fingerprint density at radius 3 is 2.45 bits per heavy atom. The summed E-state index contributed by atoms with van der Waals surface area (Å²) in [5, 5.41) is 8.88. The van der Waals surface area contributed by atoms with Gasteiger partial charge in [0.1, 0.15) is 5.76 Å². The molecule has 2 atom stereocenters. The number of carbonyl (C=O) groups is 2. The third kappa shape index (κ3) is 2.50. The molecule has 8 heteroatoms. The molecule has 1 saturated heterocycles. The molecule has 1 aliphatic heterocycles. The molecular weight excluding hydrogens is 279 g/mol. The summed E-state index contributed by atoms with van der Waals surface area (Å²) in [6.45, 7) is 0.409. The van der Waals surface area contributed by atoms with Gasteiger partial charge < -0.3 is 14.4 Å². The predicted molar refractivity (Wildman–Crippen MR) is 60.0 cm³/mol. The number of furan rings is 1. The fourth-order valence-electron chi connectivity index (χ4n) is 2.33. The first-order valence-corrected chi connectivity index (χ1v) is 5.84. The van der Waals surface area contributed by atoms with E-state index in [-0.39, 0.29) is 11.3 Å². The molecule has 0 bridgehead atoms. The molecule has 0 unspecified atom stereocenters. The van der Waals surface area contributed by atoms with E-state index in [4.69, 9.17) is 9.52 Å². The lowest BCUT2D eigenvalue weighted by Crippen LogP contribution is -2.34. The Bertz CT molecular complexity index is 537. The first-order valence-electron chi connectivity index (χ1n) is 5.84. The Morgan fingerprint density at radius 1 is 1.40 bits per heavy atom. The van der Waals surface area contributed by atoms with Crippen molar-refractivity contribution in [2.24, 2.45) is 11.8 Å². The number of hydrogen-bond acceptors (Lipinski definition) is 3. The van der Waals surface area contributed by atoms with Gasteiger partial charge in [-0.2, -0.15) is 13.2 Å². The zero-order valence-electron chi connectivity index (χ0n) is 10.5. The van der Waals surface area contributed by atoms with E-state index in [9.17, 15) is 22.8 Å². The molecule has 1 aromatic heterocycles. The first-order chi connectivity index (χ1) is 9.21.